The Kier molecular flexibility index (Phi) is 7.62. The first kappa shape index (κ1) is 13.9. The van der Waals surface area contributed by atoms with Crippen molar-refractivity contribution in [3.05, 3.63) is 0 Å². The van der Waals surface area contributed by atoms with Gasteiger partial charge in [-0.25, -0.2) is 0 Å². The summed E-state index contributed by atoms with van der Waals surface area (Å²) in [4.78, 5) is 21.9. The first-order valence-corrected chi connectivity index (χ1v) is 5.06. The minimum absolute atomic E-state index is 0.192. The Labute approximate surface area is 90.1 Å². The molecule has 15 heavy (non-hydrogen) atoms. The molecule has 0 aliphatic carbocycles. The van der Waals surface area contributed by atoms with E-state index in [1.165, 1.54) is 7.11 Å². The molecule has 0 spiro atoms. The zero-order valence-electron chi connectivity index (χ0n) is 9.54. The van der Waals surface area contributed by atoms with E-state index in [1.807, 2.05) is 0 Å². The lowest BCUT2D eigenvalue weighted by atomic mass is 10.2. The molecule has 1 unspecified atom stereocenters. The number of hydrogen-bond acceptors (Lipinski definition) is 5. The normalized spacial score (nSPS) is 11.9. The number of rotatable bonds is 7. The second-order valence-electron chi connectivity index (χ2n) is 3.18. The number of hydrogen-bond donors (Lipinski definition) is 1. The van der Waals surface area contributed by atoms with Gasteiger partial charge in [-0.2, -0.15) is 0 Å². The van der Waals surface area contributed by atoms with Gasteiger partial charge in [0.05, 0.1) is 26.1 Å². The molecule has 1 N–H and O–H groups in total. The van der Waals surface area contributed by atoms with Gasteiger partial charge >= 0.3 is 11.9 Å². The van der Waals surface area contributed by atoms with E-state index in [-0.39, 0.29) is 17.9 Å². The quantitative estimate of drug-likeness (QED) is 0.492. The predicted molar refractivity (Wildman–Crippen MR) is 55.3 cm³/mol. The molecule has 5 heteroatoms. The third-order valence-electron chi connectivity index (χ3n) is 1.87. The summed E-state index contributed by atoms with van der Waals surface area (Å²) >= 11 is 0. The highest BCUT2D eigenvalue weighted by Crippen LogP contribution is 1.96. The highest BCUT2D eigenvalue weighted by molar-refractivity contribution is 5.72. The molecule has 0 aliphatic rings. The van der Waals surface area contributed by atoms with Gasteiger partial charge in [0.15, 0.2) is 0 Å². The summed E-state index contributed by atoms with van der Waals surface area (Å²) in [6.45, 7) is 4.97. The Hall–Kier alpha value is -1.10. The lowest BCUT2D eigenvalue weighted by molar-refractivity contribution is -0.147. The smallest absolute Gasteiger partial charge is 0.309 e. The number of nitrogens with one attached hydrogen (secondary N) is 1. The highest BCUT2D eigenvalue weighted by atomic mass is 16.5. The van der Waals surface area contributed by atoms with Crippen LogP contribution >= 0.6 is 0 Å². The Morgan fingerprint density at radius 1 is 1.40 bits per heavy atom. The van der Waals surface area contributed by atoms with E-state index in [4.69, 9.17) is 4.74 Å². The maximum Gasteiger partial charge on any atom is 0.309 e. The second kappa shape index (κ2) is 8.23. The maximum absolute atomic E-state index is 11.2. The van der Waals surface area contributed by atoms with Gasteiger partial charge in [0.2, 0.25) is 0 Å². The molecule has 0 aromatic heterocycles. The molecule has 0 rings (SSSR count). The lowest BCUT2D eigenvalue weighted by Gasteiger charge is -2.10. The van der Waals surface area contributed by atoms with Gasteiger partial charge in [0.25, 0.3) is 0 Å². The van der Waals surface area contributed by atoms with Gasteiger partial charge in [0, 0.05) is 13.1 Å². The van der Waals surface area contributed by atoms with E-state index in [9.17, 15) is 9.59 Å². The van der Waals surface area contributed by atoms with Crippen molar-refractivity contribution in [2.45, 2.75) is 20.3 Å². The molecule has 0 saturated carbocycles. The standard InChI is InChI=1S/C10H19NO4/c1-4-15-10(13)8(2)7-11-6-5-9(12)14-3/h8,11H,4-7H2,1-3H3. The van der Waals surface area contributed by atoms with Gasteiger partial charge < -0.3 is 14.8 Å². The van der Waals surface area contributed by atoms with Crippen LogP contribution in [0, 0.1) is 5.92 Å². The van der Waals surface area contributed by atoms with Gasteiger partial charge in [-0.15, -0.1) is 0 Å². The number of ether oxygens (including phenoxy) is 2. The lowest BCUT2D eigenvalue weighted by Crippen LogP contribution is -2.29. The van der Waals surface area contributed by atoms with E-state index in [2.05, 4.69) is 10.1 Å². The van der Waals surface area contributed by atoms with Gasteiger partial charge in [-0.3, -0.25) is 9.59 Å². The second-order valence-corrected chi connectivity index (χ2v) is 3.18. The van der Waals surface area contributed by atoms with Crippen molar-refractivity contribution in [2.75, 3.05) is 26.8 Å². The fourth-order valence-corrected chi connectivity index (χ4v) is 0.979. The van der Waals surface area contributed by atoms with Crippen LogP contribution in [-0.2, 0) is 19.1 Å². The zero-order chi connectivity index (χ0) is 11.7. The first-order valence-electron chi connectivity index (χ1n) is 5.06. The number of carbonyl (C=O) groups is 2. The molecular formula is C10H19NO4. The molecule has 0 radical (unpaired) electrons. The van der Waals surface area contributed by atoms with Gasteiger partial charge in [0.1, 0.15) is 0 Å². The first-order chi connectivity index (χ1) is 7.11. The fourth-order valence-electron chi connectivity index (χ4n) is 0.979. The fraction of sp³-hybridized carbons (Fsp3) is 0.800. The molecule has 0 heterocycles. The minimum Gasteiger partial charge on any atom is -0.469 e. The molecule has 0 bridgehead atoms. The number of methoxy groups -OCH3 is 1. The van der Waals surface area contributed by atoms with Crippen molar-refractivity contribution in [3.63, 3.8) is 0 Å². The maximum atomic E-state index is 11.2. The SMILES string of the molecule is CCOC(=O)C(C)CNCCC(=O)OC. The minimum atomic E-state index is -0.258. The molecule has 88 valence electrons. The Balaban J connectivity index is 3.50. The third kappa shape index (κ3) is 6.90. The average Bonchev–Trinajstić information content (AvgIpc) is 2.23. The molecule has 0 aromatic rings. The van der Waals surface area contributed by atoms with Crippen molar-refractivity contribution >= 4 is 11.9 Å². The van der Waals surface area contributed by atoms with Crippen molar-refractivity contribution in [3.8, 4) is 0 Å². The van der Waals surface area contributed by atoms with Crippen molar-refractivity contribution in [1.29, 1.82) is 0 Å². The largest absolute Gasteiger partial charge is 0.469 e. The van der Waals surface area contributed by atoms with Crippen LogP contribution in [0.3, 0.4) is 0 Å². The summed E-state index contributed by atoms with van der Waals surface area (Å²) in [6, 6.07) is 0. The van der Waals surface area contributed by atoms with Crippen LogP contribution in [0.4, 0.5) is 0 Å². The average molecular weight is 217 g/mol. The number of carbonyl (C=O) groups excluding carboxylic acids is 2. The Morgan fingerprint density at radius 2 is 2.07 bits per heavy atom. The van der Waals surface area contributed by atoms with E-state index in [0.29, 0.717) is 26.1 Å². The molecule has 0 fully saturated rings. The summed E-state index contributed by atoms with van der Waals surface area (Å²) in [6.07, 6.45) is 0.312. The Bertz CT molecular complexity index is 206. The summed E-state index contributed by atoms with van der Waals surface area (Å²) in [5, 5.41) is 2.99. The van der Waals surface area contributed by atoms with Gasteiger partial charge in [-0.1, -0.05) is 6.92 Å². The summed E-state index contributed by atoms with van der Waals surface area (Å²) in [5.41, 5.74) is 0. The Morgan fingerprint density at radius 3 is 2.60 bits per heavy atom. The van der Waals surface area contributed by atoms with Gasteiger partial charge in [-0.05, 0) is 6.92 Å². The van der Waals surface area contributed by atoms with Crippen LogP contribution in [0.1, 0.15) is 20.3 Å². The summed E-state index contributed by atoms with van der Waals surface area (Å²) < 4.78 is 9.31. The highest BCUT2D eigenvalue weighted by Gasteiger charge is 2.12. The van der Waals surface area contributed by atoms with Crippen LogP contribution in [0.5, 0.6) is 0 Å². The third-order valence-corrected chi connectivity index (χ3v) is 1.87. The summed E-state index contributed by atoms with van der Waals surface area (Å²) in [7, 11) is 1.35. The van der Waals surface area contributed by atoms with E-state index < -0.39 is 0 Å². The number of esters is 2. The van der Waals surface area contributed by atoms with Crippen LogP contribution in [0.15, 0.2) is 0 Å². The zero-order valence-corrected chi connectivity index (χ0v) is 9.54. The van der Waals surface area contributed by atoms with Crippen LogP contribution in [0.2, 0.25) is 0 Å². The molecule has 5 nitrogen and oxygen atoms in total. The van der Waals surface area contributed by atoms with Crippen LogP contribution in [-0.4, -0.2) is 38.7 Å². The predicted octanol–water partition coefficient (Wildman–Crippen LogP) is 0.338. The van der Waals surface area contributed by atoms with E-state index in [1.54, 1.807) is 13.8 Å². The van der Waals surface area contributed by atoms with Crippen molar-refractivity contribution in [1.82, 2.24) is 5.32 Å². The molecule has 1 atom stereocenters. The summed E-state index contributed by atoms with van der Waals surface area (Å²) in [5.74, 6) is -0.669. The van der Waals surface area contributed by atoms with E-state index in [0.717, 1.165) is 0 Å². The topological polar surface area (TPSA) is 64.6 Å². The van der Waals surface area contributed by atoms with Crippen molar-refractivity contribution in [2.24, 2.45) is 5.92 Å². The van der Waals surface area contributed by atoms with Crippen molar-refractivity contribution < 1.29 is 19.1 Å². The van der Waals surface area contributed by atoms with E-state index >= 15 is 0 Å². The molecule has 0 amide bonds. The monoisotopic (exact) mass is 217 g/mol. The molecule has 0 aliphatic heterocycles. The van der Waals surface area contributed by atoms with Crippen LogP contribution < -0.4 is 5.32 Å². The van der Waals surface area contributed by atoms with Crippen LogP contribution in [0.25, 0.3) is 0 Å². The molecule has 0 saturated heterocycles. The molecule has 0 aromatic carbocycles. The molecular weight excluding hydrogens is 198 g/mol.